The fourth-order valence-electron chi connectivity index (χ4n) is 1.51. The highest BCUT2D eigenvalue weighted by atomic mass is 16.5. The predicted molar refractivity (Wildman–Crippen MR) is 77.1 cm³/mol. The fraction of sp³-hybridized carbons (Fsp3) is 0.188. The Morgan fingerprint density at radius 2 is 1.65 bits per heavy atom. The normalized spacial score (nSPS) is 9.25. The molecule has 0 heterocycles. The van der Waals surface area contributed by atoms with Crippen LogP contribution in [0.3, 0.4) is 0 Å². The number of para-hydroxylation sites is 2. The van der Waals surface area contributed by atoms with E-state index in [-0.39, 0.29) is 12.2 Å². The molecule has 0 spiro atoms. The van der Waals surface area contributed by atoms with Gasteiger partial charge in [-0.15, -0.1) is 0 Å². The van der Waals surface area contributed by atoms with E-state index < -0.39 is 5.97 Å². The van der Waals surface area contributed by atoms with E-state index in [4.69, 9.17) is 14.9 Å². The van der Waals surface area contributed by atoms with E-state index in [1.165, 1.54) is 6.07 Å². The second kappa shape index (κ2) is 8.58. The van der Waals surface area contributed by atoms with E-state index in [1.807, 2.05) is 37.3 Å². The molecule has 0 bridgehead atoms. The van der Waals surface area contributed by atoms with Crippen molar-refractivity contribution in [1.82, 2.24) is 0 Å². The van der Waals surface area contributed by atoms with Crippen molar-refractivity contribution in [2.24, 2.45) is 0 Å². The van der Waals surface area contributed by atoms with Crippen LogP contribution in [0.4, 0.5) is 0 Å². The Labute approximate surface area is 118 Å². The van der Waals surface area contributed by atoms with Gasteiger partial charge in [0.15, 0.2) is 0 Å². The van der Waals surface area contributed by atoms with Crippen LogP contribution in [0.15, 0.2) is 54.6 Å². The lowest BCUT2D eigenvalue weighted by atomic mass is 10.1. The first-order valence-electron chi connectivity index (χ1n) is 6.30. The van der Waals surface area contributed by atoms with E-state index in [2.05, 4.69) is 0 Å². The topological polar surface area (TPSA) is 66.8 Å². The molecule has 106 valence electrons. The van der Waals surface area contributed by atoms with Gasteiger partial charge in [-0.1, -0.05) is 36.4 Å². The second-order valence-electron chi connectivity index (χ2n) is 3.95. The molecule has 2 aromatic carbocycles. The standard InChI is InChI=1S/C8H8O3.C8H10O/c9-7-4-2-1-3-6(7)5-8(10)11;1-2-9-8-6-4-3-5-7-8/h1-4,9H,5H2,(H,10,11);3-7H,2H2,1H3. The number of benzene rings is 2. The number of hydrogen-bond acceptors (Lipinski definition) is 3. The highest BCUT2D eigenvalue weighted by molar-refractivity contribution is 5.71. The zero-order chi connectivity index (χ0) is 14.8. The number of carbonyl (C=O) groups is 1. The lowest BCUT2D eigenvalue weighted by molar-refractivity contribution is -0.136. The van der Waals surface area contributed by atoms with Gasteiger partial charge < -0.3 is 14.9 Å². The predicted octanol–water partition coefficient (Wildman–Crippen LogP) is 3.10. The van der Waals surface area contributed by atoms with Crippen molar-refractivity contribution in [3.8, 4) is 11.5 Å². The first kappa shape index (κ1) is 15.6. The van der Waals surface area contributed by atoms with Gasteiger partial charge in [-0.2, -0.15) is 0 Å². The minimum absolute atomic E-state index is 0.0369. The molecule has 0 unspecified atom stereocenters. The number of phenols is 1. The summed E-state index contributed by atoms with van der Waals surface area (Å²) in [6, 6.07) is 16.2. The zero-order valence-corrected chi connectivity index (χ0v) is 11.3. The van der Waals surface area contributed by atoms with Crippen molar-refractivity contribution in [2.45, 2.75) is 13.3 Å². The van der Waals surface area contributed by atoms with Crippen molar-refractivity contribution in [1.29, 1.82) is 0 Å². The molecule has 0 saturated heterocycles. The molecule has 0 radical (unpaired) electrons. The van der Waals surface area contributed by atoms with Gasteiger partial charge in [0.05, 0.1) is 13.0 Å². The monoisotopic (exact) mass is 274 g/mol. The maximum atomic E-state index is 10.2. The van der Waals surface area contributed by atoms with Gasteiger partial charge in [0.1, 0.15) is 11.5 Å². The van der Waals surface area contributed by atoms with Crippen LogP contribution in [0.25, 0.3) is 0 Å². The smallest absolute Gasteiger partial charge is 0.307 e. The summed E-state index contributed by atoms with van der Waals surface area (Å²) in [7, 11) is 0. The number of phenolic OH excluding ortho intramolecular Hbond substituents is 1. The Morgan fingerprint density at radius 3 is 2.20 bits per heavy atom. The molecule has 0 amide bonds. The molecular formula is C16H18O4. The van der Waals surface area contributed by atoms with Crippen molar-refractivity contribution < 1.29 is 19.7 Å². The number of ether oxygens (including phenoxy) is 1. The summed E-state index contributed by atoms with van der Waals surface area (Å²) in [6.07, 6.45) is -0.132. The van der Waals surface area contributed by atoms with E-state index in [0.29, 0.717) is 5.56 Å². The summed E-state index contributed by atoms with van der Waals surface area (Å²) in [5, 5.41) is 17.5. The molecular weight excluding hydrogens is 256 g/mol. The molecule has 0 atom stereocenters. The van der Waals surface area contributed by atoms with Crippen LogP contribution in [0, 0.1) is 0 Å². The van der Waals surface area contributed by atoms with Gasteiger partial charge in [-0.05, 0) is 25.1 Å². The fourth-order valence-corrected chi connectivity index (χ4v) is 1.51. The highest BCUT2D eigenvalue weighted by Gasteiger charge is 2.03. The van der Waals surface area contributed by atoms with Gasteiger partial charge in [0.25, 0.3) is 0 Å². The molecule has 0 aliphatic carbocycles. The van der Waals surface area contributed by atoms with Gasteiger partial charge in [-0.25, -0.2) is 0 Å². The van der Waals surface area contributed by atoms with Crippen molar-refractivity contribution in [2.75, 3.05) is 6.61 Å². The Kier molecular flexibility index (Phi) is 6.68. The Morgan fingerprint density at radius 1 is 1.05 bits per heavy atom. The number of aromatic hydroxyl groups is 1. The summed E-state index contributed by atoms with van der Waals surface area (Å²) in [5.41, 5.74) is 0.444. The molecule has 4 heteroatoms. The maximum Gasteiger partial charge on any atom is 0.307 e. The lowest BCUT2D eigenvalue weighted by Gasteiger charge is -1.99. The van der Waals surface area contributed by atoms with Crippen molar-refractivity contribution in [3.05, 3.63) is 60.2 Å². The summed E-state index contributed by atoms with van der Waals surface area (Å²) in [5.74, 6) is 0.0430. The molecule has 20 heavy (non-hydrogen) atoms. The average Bonchev–Trinajstić information content (AvgIpc) is 2.43. The van der Waals surface area contributed by atoms with Crippen LogP contribution in [-0.2, 0) is 11.2 Å². The molecule has 2 aromatic rings. The van der Waals surface area contributed by atoms with Crippen LogP contribution < -0.4 is 4.74 Å². The third kappa shape index (κ3) is 5.91. The number of hydrogen-bond donors (Lipinski definition) is 2. The lowest BCUT2D eigenvalue weighted by Crippen LogP contribution is -1.99. The molecule has 0 saturated carbocycles. The van der Waals surface area contributed by atoms with Gasteiger partial charge >= 0.3 is 5.97 Å². The molecule has 0 aliphatic heterocycles. The summed E-state index contributed by atoms with van der Waals surface area (Å²) in [4.78, 5) is 10.2. The number of rotatable bonds is 4. The van der Waals surface area contributed by atoms with Crippen LogP contribution >= 0.6 is 0 Å². The van der Waals surface area contributed by atoms with Crippen molar-refractivity contribution in [3.63, 3.8) is 0 Å². The third-order valence-corrected chi connectivity index (χ3v) is 2.39. The van der Waals surface area contributed by atoms with Crippen LogP contribution in [0.2, 0.25) is 0 Å². The van der Waals surface area contributed by atoms with E-state index in [0.717, 1.165) is 12.4 Å². The largest absolute Gasteiger partial charge is 0.508 e. The van der Waals surface area contributed by atoms with Crippen molar-refractivity contribution >= 4 is 5.97 Å². The quantitative estimate of drug-likeness (QED) is 0.899. The third-order valence-electron chi connectivity index (χ3n) is 2.39. The molecule has 0 fully saturated rings. The molecule has 4 nitrogen and oxygen atoms in total. The molecule has 2 N–H and O–H groups in total. The van der Waals surface area contributed by atoms with Crippen LogP contribution in [-0.4, -0.2) is 22.8 Å². The van der Waals surface area contributed by atoms with E-state index >= 15 is 0 Å². The average molecular weight is 274 g/mol. The van der Waals surface area contributed by atoms with Crippen LogP contribution in [0.1, 0.15) is 12.5 Å². The highest BCUT2D eigenvalue weighted by Crippen LogP contribution is 2.15. The Balaban J connectivity index is 0.000000204. The molecule has 0 aromatic heterocycles. The summed E-state index contributed by atoms with van der Waals surface area (Å²) in [6.45, 7) is 2.72. The SMILES string of the molecule is CCOc1ccccc1.O=C(O)Cc1ccccc1O. The summed E-state index contributed by atoms with van der Waals surface area (Å²) < 4.78 is 5.21. The minimum atomic E-state index is -0.938. The van der Waals surface area contributed by atoms with Gasteiger partial charge in [-0.3, -0.25) is 4.79 Å². The van der Waals surface area contributed by atoms with Gasteiger partial charge in [0, 0.05) is 5.56 Å². The second-order valence-corrected chi connectivity index (χ2v) is 3.95. The van der Waals surface area contributed by atoms with E-state index in [1.54, 1.807) is 18.2 Å². The Hall–Kier alpha value is -2.49. The van der Waals surface area contributed by atoms with E-state index in [9.17, 15) is 4.79 Å². The maximum absolute atomic E-state index is 10.2. The summed E-state index contributed by atoms with van der Waals surface area (Å²) >= 11 is 0. The van der Waals surface area contributed by atoms with Gasteiger partial charge in [0.2, 0.25) is 0 Å². The number of carboxylic acids is 1. The molecule has 0 aliphatic rings. The number of carboxylic acid groups (broad SMARTS) is 1. The first-order chi connectivity index (χ1) is 9.63. The van der Waals surface area contributed by atoms with Crippen LogP contribution in [0.5, 0.6) is 11.5 Å². The zero-order valence-electron chi connectivity index (χ0n) is 11.3. The minimum Gasteiger partial charge on any atom is -0.508 e. The first-order valence-corrected chi connectivity index (χ1v) is 6.30. The molecule has 2 rings (SSSR count). The Bertz CT molecular complexity index is 523. The number of aliphatic carboxylic acids is 1.